The smallest absolute Gasteiger partial charge is 0.253 e. The second-order valence-corrected chi connectivity index (χ2v) is 7.24. The number of aryl methyl sites for hydroxylation is 1. The van der Waals surface area contributed by atoms with Crippen molar-refractivity contribution in [2.45, 2.75) is 25.8 Å². The molecular formula is C20H19ClN4O2. The Bertz CT molecular complexity index is 1110. The maximum atomic E-state index is 12.5. The number of nitrogens with zero attached hydrogens (tertiary/aromatic N) is 2. The summed E-state index contributed by atoms with van der Waals surface area (Å²) >= 11 is 6.06. The van der Waals surface area contributed by atoms with Crippen molar-refractivity contribution in [1.82, 2.24) is 9.97 Å². The third kappa shape index (κ3) is 3.28. The van der Waals surface area contributed by atoms with Crippen LogP contribution in [0.2, 0.25) is 5.02 Å². The van der Waals surface area contributed by atoms with Crippen LogP contribution in [-0.2, 0) is 11.2 Å². The van der Waals surface area contributed by atoms with Gasteiger partial charge >= 0.3 is 0 Å². The van der Waals surface area contributed by atoms with Crippen LogP contribution in [0.3, 0.4) is 0 Å². The first-order valence-electron chi connectivity index (χ1n) is 8.77. The molecule has 0 saturated carbocycles. The van der Waals surface area contributed by atoms with Crippen LogP contribution in [-0.4, -0.2) is 22.9 Å². The maximum absolute atomic E-state index is 12.5. The second kappa shape index (κ2) is 6.70. The molecule has 0 aliphatic carbocycles. The van der Waals surface area contributed by atoms with Crippen molar-refractivity contribution in [3.05, 3.63) is 63.0 Å². The lowest BCUT2D eigenvalue weighted by molar-refractivity contribution is -0.118. The van der Waals surface area contributed by atoms with E-state index in [9.17, 15) is 9.59 Å². The van der Waals surface area contributed by atoms with Gasteiger partial charge in [-0.05, 0) is 49.2 Å². The number of benzene rings is 1. The van der Waals surface area contributed by atoms with E-state index in [0.29, 0.717) is 29.2 Å². The second-order valence-electron chi connectivity index (χ2n) is 6.80. The first kappa shape index (κ1) is 17.5. The van der Waals surface area contributed by atoms with Gasteiger partial charge in [-0.1, -0.05) is 11.6 Å². The first-order valence-corrected chi connectivity index (χ1v) is 9.14. The molecule has 0 saturated heterocycles. The Morgan fingerprint density at radius 1 is 1.22 bits per heavy atom. The number of amides is 1. The average molecular weight is 383 g/mol. The summed E-state index contributed by atoms with van der Waals surface area (Å²) in [5.41, 5.74) is 3.12. The zero-order valence-electron chi connectivity index (χ0n) is 15.0. The first-order chi connectivity index (χ1) is 12.9. The Morgan fingerprint density at radius 2 is 2.04 bits per heavy atom. The SMILES string of the molecule is C[C@H](Nc1cc2c(cn1)N(C)C(=O)CC2)c1cc2cc(Cl)ccc2[nH]c1=O. The van der Waals surface area contributed by atoms with Gasteiger partial charge in [0.15, 0.2) is 0 Å². The number of rotatable bonds is 3. The van der Waals surface area contributed by atoms with E-state index < -0.39 is 0 Å². The minimum absolute atomic E-state index is 0.0970. The molecule has 2 aromatic heterocycles. The van der Waals surface area contributed by atoms with E-state index in [1.165, 1.54) is 0 Å². The van der Waals surface area contributed by atoms with Crippen molar-refractivity contribution in [3.63, 3.8) is 0 Å². The molecule has 6 nitrogen and oxygen atoms in total. The molecule has 7 heteroatoms. The number of fused-ring (bicyclic) bond motifs is 2. The lowest BCUT2D eigenvalue weighted by Crippen LogP contribution is -2.31. The molecule has 1 amide bonds. The molecule has 2 N–H and O–H groups in total. The Labute approximate surface area is 161 Å². The number of halogens is 1. The number of pyridine rings is 2. The van der Waals surface area contributed by atoms with Crippen molar-refractivity contribution in [1.29, 1.82) is 0 Å². The summed E-state index contributed by atoms with van der Waals surface area (Å²) in [5.74, 6) is 0.773. The highest BCUT2D eigenvalue weighted by Crippen LogP contribution is 2.29. The van der Waals surface area contributed by atoms with Crippen LogP contribution in [0.1, 0.15) is 30.5 Å². The van der Waals surface area contributed by atoms with E-state index in [-0.39, 0.29) is 17.5 Å². The van der Waals surface area contributed by atoms with Gasteiger partial charge in [0, 0.05) is 35.0 Å². The van der Waals surface area contributed by atoms with Crippen molar-refractivity contribution in [3.8, 4) is 0 Å². The number of hydrogen-bond donors (Lipinski definition) is 2. The summed E-state index contributed by atoms with van der Waals surface area (Å²) in [6, 6.07) is 8.92. The zero-order valence-corrected chi connectivity index (χ0v) is 15.8. The summed E-state index contributed by atoms with van der Waals surface area (Å²) in [6.07, 6.45) is 2.89. The van der Waals surface area contributed by atoms with Gasteiger partial charge in [-0.2, -0.15) is 0 Å². The predicted molar refractivity (Wildman–Crippen MR) is 108 cm³/mol. The van der Waals surface area contributed by atoms with Crippen molar-refractivity contribution in [2.75, 3.05) is 17.3 Å². The standard InChI is InChI=1S/C20H19ClN4O2/c1-11(15-8-13-7-14(21)4-5-16(13)24-20(15)27)23-18-9-12-3-6-19(26)25(2)17(12)10-22-18/h4-5,7-11H,3,6H2,1-2H3,(H,22,23)(H,24,27)/t11-/m0/s1. The van der Waals surface area contributed by atoms with Gasteiger partial charge in [0.25, 0.3) is 5.56 Å². The van der Waals surface area contributed by atoms with Gasteiger partial charge in [-0.25, -0.2) is 4.98 Å². The average Bonchev–Trinajstić information content (AvgIpc) is 2.64. The number of nitrogens with one attached hydrogen (secondary N) is 2. The van der Waals surface area contributed by atoms with Gasteiger partial charge < -0.3 is 15.2 Å². The summed E-state index contributed by atoms with van der Waals surface area (Å²) in [6.45, 7) is 1.91. The molecule has 138 valence electrons. The number of anilines is 2. The van der Waals surface area contributed by atoms with Crippen LogP contribution in [0.25, 0.3) is 10.9 Å². The molecule has 0 spiro atoms. The zero-order chi connectivity index (χ0) is 19.1. The van der Waals surface area contributed by atoms with E-state index in [0.717, 1.165) is 22.2 Å². The van der Waals surface area contributed by atoms with Gasteiger partial charge in [-0.15, -0.1) is 0 Å². The summed E-state index contributed by atoms with van der Waals surface area (Å²) < 4.78 is 0. The molecule has 1 atom stereocenters. The molecule has 0 radical (unpaired) electrons. The van der Waals surface area contributed by atoms with Crippen LogP contribution in [0.5, 0.6) is 0 Å². The van der Waals surface area contributed by atoms with Crippen LogP contribution in [0, 0.1) is 0 Å². The summed E-state index contributed by atoms with van der Waals surface area (Å²) in [7, 11) is 1.76. The van der Waals surface area contributed by atoms with Crippen LogP contribution in [0.15, 0.2) is 41.3 Å². The van der Waals surface area contributed by atoms with Crippen LogP contribution < -0.4 is 15.8 Å². The lowest BCUT2D eigenvalue weighted by atomic mass is 10.0. The number of aromatic amines is 1. The minimum Gasteiger partial charge on any atom is -0.363 e. The molecule has 0 fully saturated rings. The normalized spacial score (nSPS) is 14.9. The van der Waals surface area contributed by atoms with Crippen molar-refractivity contribution in [2.24, 2.45) is 0 Å². The molecule has 3 aromatic rings. The fourth-order valence-corrected chi connectivity index (χ4v) is 3.61. The molecule has 1 aromatic carbocycles. The topological polar surface area (TPSA) is 78.1 Å². The minimum atomic E-state index is -0.245. The highest BCUT2D eigenvalue weighted by atomic mass is 35.5. The summed E-state index contributed by atoms with van der Waals surface area (Å²) in [4.78, 5) is 33.2. The number of H-pyrrole nitrogens is 1. The Hall–Kier alpha value is -2.86. The Kier molecular flexibility index (Phi) is 4.36. The Morgan fingerprint density at radius 3 is 2.85 bits per heavy atom. The molecule has 1 aliphatic rings. The molecule has 27 heavy (non-hydrogen) atoms. The highest BCUT2D eigenvalue weighted by molar-refractivity contribution is 6.31. The summed E-state index contributed by atoms with van der Waals surface area (Å²) in [5, 5.41) is 4.79. The maximum Gasteiger partial charge on any atom is 0.253 e. The molecule has 0 unspecified atom stereocenters. The fourth-order valence-electron chi connectivity index (χ4n) is 3.43. The van der Waals surface area contributed by atoms with Gasteiger partial charge in [0.05, 0.1) is 17.9 Å². The molecule has 0 bridgehead atoms. The van der Waals surface area contributed by atoms with E-state index in [4.69, 9.17) is 11.6 Å². The van der Waals surface area contributed by atoms with E-state index in [2.05, 4.69) is 15.3 Å². The molecular weight excluding hydrogens is 364 g/mol. The largest absolute Gasteiger partial charge is 0.363 e. The molecule has 4 rings (SSSR count). The van der Waals surface area contributed by atoms with E-state index >= 15 is 0 Å². The Balaban J connectivity index is 1.64. The third-order valence-electron chi connectivity index (χ3n) is 4.98. The van der Waals surface area contributed by atoms with Gasteiger partial charge in [-0.3, -0.25) is 9.59 Å². The van der Waals surface area contributed by atoms with Gasteiger partial charge in [0.1, 0.15) is 5.82 Å². The molecule has 3 heterocycles. The van der Waals surface area contributed by atoms with Gasteiger partial charge in [0.2, 0.25) is 5.91 Å². The highest BCUT2D eigenvalue weighted by Gasteiger charge is 2.22. The third-order valence-corrected chi connectivity index (χ3v) is 5.21. The van der Waals surface area contributed by atoms with Crippen LogP contribution in [0.4, 0.5) is 11.5 Å². The quantitative estimate of drug-likeness (QED) is 0.724. The number of hydrogen-bond acceptors (Lipinski definition) is 4. The number of aromatic nitrogens is 2. The van der Waals surface area contributed by atoms with E-state index in [1.807, 2.05) is 25.1 Å². The van der Waals surface area contributed by atoms with Crippen molar-refractivity contribution >= 4 is 39.9 Å². The van der Waals surface area contributed by atoms with Crippen molar-refractivity contribution < 1.29 is 4.79 Å². The predicted octanol–water partition coefficient (Wildman–Crippen LogP) is 3.66. The van der Waals surface area contributed by atoms with Crippen LogP contribution >= 0.6 is 11.6 Å². The number of carbonyl (C=O) groups is 1. The number of carbonyl (C=O) groups excluding carboxylic acids is 1. The molecule has 1 aliphatic heterocycles. The fraction of sp³-hybridized carbons (Fsp3) is 0.250. The lowest BCUT2D eigenvalue weighted by Gasteiger charge is -2.26. The van der Waals surface area contributed by atoms with E-state index in [1.54, 1.807) is 30.3 Å². The monoisotopic (exact) mass is 382 g/mol.